The molecule has 78 valence electrons. The van der Waals surface area contributed by atoms with Gasteiger partial charge in [0.05, 0.1) is 6.42 Å². The van der Waals surface area contributed by atoms with Gasteiger partial charge in [0.15, 0.2) is 0 Å². The summed E-state index contributed by atoms with van der Waals surface area (Å²) in [6.07, 6.45) is 2.11. The molecule has 0 unspecified atom stereocenters. The summed E-state index contributed by atoms with van der Waals surface area (Å²) in [5.41, 5.74) is 0. The highest BCUT2D eigenvalue weighted by Gasteiger charge is 2.11. The first-order valence-electron chi connectivity index (χ1n) is 3.95. The van der Waals surface area contributed by atoms with Gasteiger partial charge in [-0.1, -0.05) is 0 Å². The summed E-state index contributed by atoms with van der Waals surface area (Å²) < 4.78 is 0.683. The summed E-state index contributed by atoms with van der Waals surface area (Å²) >= 11 is 1.52. The van der Waals surface area contributed by atoms with Crippen LogP contribution in [0.5, 0.6) is 11.8 Å². The molecule has 2 N–H and O–H groups in total. The summed E-state index contributed by atoms with van der Waals surface area (Å²) in [5, 5.41) is 18.3. The van der Waals surface area contributed by atoms with Gasteiger partial charge in [0.2, 0.25) is 11.8 Å². The van der Waals surface area contributed by atoms with Gasteiger partial charge in [-0.2, -0.15) is 11.8 Å². The molecule has 5 nitrogen and oxygen atoms in total. The van der Waals surface area contributed by atoms with Gasteiger partial charge in [0.25, 0.3) is 0 Å². The van der Waals surface area contributed by atoms with E-state index in [0.29, 0.717) is 10.5 Å². The molecule has 1 heterocycles. The van der Waals surface area contributed by atoms with E-state index in [-0.39, 0.29) is 18.2 Å². The lowest BCUT2D eigenvalue weighted by molar-refractivity contribution is -0.144. The number of aromatic nitrogens is 1. The van der Waals surface area contributed by atoms with Crippen LogP contribution < -0.4 is 4.84 Å². The fourth-order valence-corrected chi connectivity index (χ4v) is 1.20. The average Bonchev–Trinajstić information content (AvgIpc) is 2.46. The van der Waals surface area contributed by atoms with Crippen molar-refractivity contribution in [1.29, 1.82) is 0 Å². The number of rotatable bonds is 4. The van der Waals surface area contributed by atoms with Crippen molar-refractivity contribution in [3.05, 3.63) is 12.1 Å². The Hall–Kier alpha value is -1.30. The van der Waals surface area contributed by atoms with Crippen molar-refractivity contribution >= 4 is 17.7 Å². The smallest absolute Gasteiger partial charge is 0.334 e. The number of carbonyl (C=O) groups excluding carboxylic acids is 1. The zero-order chi connectivity index (χ0) is 10.6. The van der Waals surface area contributed by atoms with E-state index in [4.69, 9.17) is 10.2 Å². The average molecular weight is 217 g/mol. The molecule has 0 saturated carbocycles. The second-order valence-electron chi connectivity index (χ2n) is 2.55. The van der Waals surface area contributed by atoms with Crippen molar-refractivity contribution in [2.75, 3.05) is 12.0 Å². The van der Waals surface area contributed by atoms with E-state index in [0.717, 1.165) is 0 Å². The molecule has 1 aromatic heterocycles. The standard InChI is InChI=1S/C8H11NO4S/c1-14-5-4-8(12)13-9-6(10)2-3-7(9)11/h2-3,10-11H,4-5H2,1H3. The van der Waals surface area contributed by atoms with Crippen LogP contribution in [-0.4, -0.2) is 32.9 Å². The van der Waals surface area contributed by atoms with Crippen LogP contribution in [0.4, 0.5) is 0 Å². The summed E-state index contributed by atoms with van der Waals surface area (Å²) in [7, 11) is 0. The van der Waals surface area contributed by atoms with E-state index in [9.17, 15) is 4.79 Å². The normalized spacial score (nSPS) is 10.1. The molecule has 0 aromatic carbocycles. The highest BCUT2D eigenvalue weighted by atomic mass is 32.2. The fourth-order valence-electron chi connectivity index (χ4n) is 0.828. The summed E-state index contributed by atoms with van der Waals surface area (Å²) in [6.45, 7) is 0. The fraction of sp³-hybridized carbons (Fsp3) is 0.375. The molecule has 1 aromatic rings. The predicted octanol–water partition coefficient (Wildman–Crippen LogP) is 0.608. The molecule has 0 aliphatic rings. The first-order valence-corrected chi connectivity index (χ1v) is 5.34. The minimum absolute atomic E-state index is 0.234. The number of hydrogen-bond acceptors (Lipinski definition) is 5. The SMILES string of the molecule is CSCCC(=O)On1c(O)ccc1O. The maximum atomic E-state index is 11.1. The number of nitrogens with zero attached hydrogens (tertiary/aromatic N) is 1. The molecule has 0 aliphatic carbocycles. The Kier molecular flexibility index (Phi) is 3.70. The monoisotopic (exact) mass is 217 g/mol. The number of aromatic hydroxyl groups is 2. The second-order valence-corrected chi connectivity index (χ2v) is 3.54. The Morgan fingerprint density at radius 1 is 1.50 bits per heavy atom. The van der Waals surface area contributed by atoms with Crippen LogP contribution in [0.25, 0.3) is 0 Å². The third-order valence-corrected chi connectivity index (χ3v) is 2.11. The molecule has 14 heavy (non-hydrogen) atoms. The molecule has 6 heteroatoms. The van der Waals surface area contributed by atoms with E-state index >= 15 is 0 Å². The van der Waals surface area contributed by atoms with Crippen LogP contribution in [0.3, 0.4) is 0 Å². The highest BCUT2D eigenvalue weighted by Crippen LogP contribution is 2.18. The van der Waals surface area contributed by atoms with E-state index in [1.807, 2.05) is 6.26 Å². The van der Waals surface area contributed by atoms with Crippen molar-refractivity contribution in [3.63, 3.8) is 0 Å². The predicted molar refractivity (Wildman–Crippen MR) is 52.3 cm³/mol. The van der Waals surface area contributed by atoms with Crippen LogP contribution in [0.1, 0.15) is 6.42 Å². The summed E-state index contributed by atoms with van der Waals surface area (Å²) in [5.74, 6) is -0.470. The van der Waals surface area contributed by atoms with Crippen LogP contribution >= 0.6 is 11.8 Å². The molecule has 1 rings (SSSR count). The van der Waals surface area contributed by atoms with Crippen molar-refractivity contribution in [2.45, 2.75) is 6.42 Å². The molecule has 0 aliphatic heterocycles. The van der Waals surface area contributed by atoms with E-state index in [2.05, 4.69) is 4.84 Å². The van der Waals surface area contributed by atoms with Gasteiger partial charge in [0.1, 0.15) is 0 Å². The molecule has 0 amide bonds. The first kappa shape index (κ1) is 10.8. The number of hydrogen-bond donors (Lipinski definition) is 2. The van der Waals surface area contributed by atoms with Gasteiger partial charge in [-0.15, -0.1) is 4.73 Å². The van der Waals surface area contributed by atoms with Gasteiger partial charge in [0, 0.05) is 17.9 Å². The van der Waals surface area contributed by atoms with Gasteiger partial charge in [-0.25, -0.2) is 4.79 Å². The summed E-state index contributed by atoms with van der Waals surface area (Å²) in [4.78, 5) is 15.8. The Morgan fingerprint density at radius 3 is 2.57 bits per heavy atom. The summed E-state index contributed by atoms with van der Waals surface area (Å²) in [6, 6.07) is 2.47. The lowest BCUT2D eigenvalue weighted by Gasteiger charge is -2.05. The highest BCUT2D eigenvalue weighted by molar-refractivity contribution is 7.98. The largest absolute Gasteiger partial charge is 0.492 e. The molecule has 0 atom stereocenters. The second kappa shape index (κ2) is 4.80. The minimum atomic E-state index is -0.499. The van der Waals surface area contributed by atoms with Crippen LogP contribution in [0.2, 0.25) is 0 Å². The van der Waals surface area contributed by atoms with Gasteiger partial charge >= 0.3 is 5.97 Å². The van der Waals surface area contributed by atoms with E-state index in [1.165, 1.54) is 23.9 Å². The molecular weight excluding hydrogens is 206 g/mol. The maximum Gasteiger partial charge on any atom is 0.334 e. The van der Waals surface area contributed by atoms with Crippen molar-refractivity contribution in [1.82, 2.24) is 4.73 Å². The van der Waals surface area contributed by atoms with Crippen molar-refractivity contribution in [2.24, 2.45) is 0 Å². The van der Waals surface area contributed by atoms with Gasteiger partial charge in [-0.3, -0.25) is 0 Å². The zero-order valence-corrected chi connectivity index (χ0v) is 8.45. The van der Waals surface area contributed by atoms with Crippen molar-refractivity contribution < 1.29 is 19.8 Å². The quantitative estimate of drug-likeness (QED) is 0.773. The third-order valence-electron chi connectivity index (χ3n) is 1.50. The lowest BCUT2D eigenvalue weighted by Crippen LogP contribution is -2.19. The number of carbonyl (C=O) groups is 1. The molecule has 0 fully saturated rings. The van der Waals surface area contributed by atoms with Crippen LogP contribution in [0.15, 0.2) is 12.1 Å². The minimum Gasteiger partial charge on any atom is -0.492 e. The van der Waals surface area contributed by atoms with E-state index in [1.54, 1.807) is 0 Å². The Labute approximate surface area is 85.3 Å². The van der Waals surface area contributed by atoms with Gasteiger partial charge in [-0.05, 0) is 6.26 Å². The Morgan fingerprint density at radius 2 is 2.07 bits per heavy atom. The molecular formula is C8H11NO4S. The topological polar surface area (TPSA) is 71.7 Å². The molecule has 0 saturated heterocycles. The first-order chi connectivity index (χ1) is 6.65. The van der Waals surface area contributed by atoms with Crippen LogP contribution in [-0.2, 0) is 4.79 Å². The van der Waals surface area contributed by atoms with E-state index < -0.39 is 5.97 Å². The molecule has 0 spiro atoms. The van der Waals surface area contributed by atoms with Crippen LogP contribution in [0, 0.1) is 0 Å². The van der Waals surface area contributed by atoms with Gasteiger partial charge < -0.3 is 15.1 Å². The van der Waals surface area contributed by atoms with Crippen molar-refractivity contribution in [3.8, 4) is 11.8 Å². The Bertz CT molecular complexity index is 304. The number of thioether (sulfide) groups is 1. The third kappa shape index (κ3) is 2.59. The zero-order valence-electron chi connectivity index (χ0n) is 7.64. The molecule has 0 radical (unpaired) electrons. The molecule has 0 bridgehead atoms. The Balaban J connectivity index is 2.55. The lowest BCUT2D eigenvalue weighted by atomic mass is 10.5. The maximum absolute atomic E-state index is 11.1.